The van der Waals surface area contributed by atoms with Crippen LogP contribution in [0.3, 0.4) is 0 Å². The van der Waals surface area contributed by atoms with Crippen LogP contribution in [0.2, 0.25) is 0 Å². The first-order chi connectivity index (χ1) is 9.54. The summed E-state index contributed by atoms with van der Waals surface area (Å²) < 4.78 is 85.9. The van der Waals surface area contributed by atoms with Crippen LogP contribution < -0.4 is 4.74 Å². The first kappa shape index (κ1) is 17.1. The lowest BCUT2D eigenvalue weighted by Gasteiger charge is -2.19. The van der Waals surface area contributed by atoms with E-state index in [0.29, 0.717) is 19.2 Å². The molecule has 0 N–H and O–H groups in total. The molecule has 0 heterocycles. The van der Waals surface area contributed by atoms with Crippen LogP contribution >= 0.6 is 0 Å². The van der Waals surface area contributed by atoms with E-state index in [4.69, 9.17) is 0 Å². The number of benzene rings is 1. The molecule has 118 valence electrons. The Hall–Kier alpha value is -1.93. The van der Waals surface area contributed by atoms with Crippen LogP contribution in [0.4, 0.5) is 26.3 Å². The van der Waals surface area contributed by atoms with Gasteiger partial charge in [0.15, 0.2) is 0 Å². The first-order valence-electron chi connectivity index (χ1n) is 5.56. The van der Waals surface area contributed by atoms with Crippen LogP contribution in [0.25, 0.3) is 0 Å². The predicted octanol–water partition coefficient (Wildman–Crippen LogP) is 3.91. The molecule has 0 amide bonds. The fourth-order valence-corrected chi connectivity index (χ4v) is 1.68. The number of hydrogen-bond donors (Lipinski definition) is 0. The van der Waals surface area contributed by atoms with Crippen molar-refractivity contribution in [1.29, 1.82) is 0 Å². The molecule has 0 aliphatic carbocycles. The van der Waals surface area contributed by atoms with Crippen molar-refractivity contribution >= 4 is 5.97 Å². The quantitative estimate of drug-likeness (QED) is 0.626. The van der Waals surface area contributed by atoms with E-state index in [1.165, 1.54) is 6.92 Å². The molecule has 0 atom stereocenters. The zero-order valence-corrected chi connectivity index (χ0v) is 10.9. The molecule has 3 nitrogen and oxygen atoms in total. The Balaban J connectivity index is 3.67. The fourth-order valence-electron chi connectivity index (χ4n) is 1.68. The van der Waals surface area contributed by atoms with E-state index in [-0.39, 0.29) is 6.61 Å². The Morgan fingerprint density at radius 2 is 1.67 bits per heavy atom. The molecule has 9 heteroatoms. The second-order valence-corrected chi connectivity index (χ2v) is 3.78. The topological polar surface area (TPSA) is 35.5 Å². The lowest BCUT2D eigenvalue weighted by Crippen LogP contribution is -2.19. The molecule has 0 bridgehead atoms. The summed E-state index contributed by atoms with van der Waals surface area (Å²) in [6.07, 6.45) is -10.3. The molecule has 1 aromatic rings. The van der Waals surface area contributed by atoms with Gasteiger partial charge in [0.1, 0.15) is 11.3 Å². The molecule has 0 spiro atoms. The average Bonchev–Trinajstić information content (AvgIpc) is 2.34. The Labute approximate surface area is 115 Å². The molecule has 1 rings (SSSR count). The average molecular weight is 316 g/mol. The number of carbonyl (C=O) groups excluding carboxylic acids is 1. The number of ether oxygens (including phenoxy) is 2. The van der Waals surface area contributed by atoms with Gasteiger partial charge in [-0.05, 0) is 19.1 Å². The van der Waals surface area contributed by atoms with Crippen molar-refractivity contribution in [3.05, 3.63) is 28.8 Å². The summed E-state index contributed by atoms with van der Waals surface area (Å²) in [5.74, 6) is -2.84. The highest BCUT2D eigenvalue weighted by Gasteiger charge is 2.45. The van der Waals surface area contributed by atoms with E-state index in [1.54, 1.807) is 0 Å². The molecule has 0 aromatic heterocycles. The third kappa shape index (κ3) is 3.59. The lowest BCUT2D eigenvalue weighted by atomic mass is 10.0. The van der Waals surface area contributed by atoms with Crippen LogP contribution in [0.1, 0.15) is 28.4 Å². The molecule has 1 aromatic carbocycles. The van der Waals surface area contributed by atoms with E-state index in [0.717, 1.165) is 0 Å². The van der Waals surface area contributed by atoms with Gasteiger partial charge in [-0.3, -0.25) is 0 Å². The minimum atomic E-state index is -5.21. The van der Waals surface area contributed by atoms with E-state index in [9.17, 15) is 31.1 Å². The summed E-state index contributed by atoms with van der Waals surface area (Å²) in [4.78, 5) is 11.5. The molecule has 0 saturated carbocycles. The van der Waals surface area contributed by atoms with Crippen LogP contribution in [-0.2, 0) is 17.1 Å². The van der Waals surface area contributed by atoms with Crippen LogP contribution in [-0.4, -0.2) is 19.7 Å². The lowest BCUT2D eigenvalue weighted by molar-refractivity contribution is -0.145. The van der Waals surface area contributed by atoms with E-state index in [1.807, 2.05) is 0 Å². The number of carbonyl (C=O) groups is 1. The third-order valence-corrected chi connectivity index (χ3v) is 2.45. The van der Waals surface area contributed by atoms with Gasteiger partial charge in [0, 0.05) is 0 Å². The van der Waals surface area contributed by atoms with Crippen molar-refractivity contribution in [2.75, 3.05) is 13.7 Å². The standard InChI is InChI=1S/C12H10F6O3/c1-3-21-10(19)6-4-5-7(11(13,14)15)9(20-2)8(6)12(16,17)18/h4-5H,3H2,1-2H3. The number of esters is 1. The second kappa shape index (κ2) is 5.82. The maximum atomic E-state index is 13.0. The summed E-state index contributed by atoms with van der Waals surface area (Å²) in [6.45, 7) is 1.13. The van der Waals surface area contributed by atoms with Crippen molar-refractivity contribution < 1.29 is 40.6 Å². The van der Waals surface area contributed by atoms with Crippen LogP contribution in [0.5, 0.6) is 5.75 Å². The normalized spacial score (nSPS) is 12.2. The molecule has 0 radical (unpaired) electrons. The van der Waals surface area contributed by atoms with E-state index >= 15 is 0 Å². The molecule has 0 saturated heterocycles. The van der Waals surface area contributed by atoms with E-state index in [2.05, 4.69) is 9.47 Å². The third-order valence-electron chi connectivity index (χ3n) is 2.45. The van der Waals surface area contributed by atoms with Gasteiger partial charge in [-0.25, -0.2) is 4.79 Å². The Morgan fingerprint density at radius 3 is 2.05 bits per heavy atom. The Bertz CT molecular complexity index is 533. The van der Waals surface area contributed by atoms with Crippen molar-refractivity contribution in [3.63, 3.8) is 0 Å². The predicted molar refractivity (Wildman–Crippen MR) is 59.0 cm³/mol. The molecule has 21 heavy (non-hydrogen) atoms. The summed E-state index contributed by atoms with van der Waals surface area (Å²) >= 11 is 0. The van der Waals surface area contributed by atoms with Gasteiger partial charge in [-0.1, -0.05) is 0 Å². The number of rotatable bonds is 3. The smallest absolute Gasteiger partial charge is 0.420 e. The number of methoxy groups -OCH3 is 1. The van der Waals surface area contributed by atoms with E-state index < -0.39 is 40.8 Å². The Morgan fingerprint density at radius 1 is 1.10 bits per heavy atom. The largest absolute Gasteiger partial charge is 0.495 e. The van der Waals surface area contributed by atoms with Gasteiger partial charge in [0.2, 0.25) is 0 Å². The van der Waals surface area contributed by atoms with Gasteiger partial charge in [0.25, 0.3) is 0 Å². The zero-order chi connectivity index (χ0) is 16.4. The van der Waals surface area contributed by atoms with Gasteiger partial charge >= 0.3 is 18.3 Å². The summed E-state index contributed by atoms with van der Waals surface area (Å²) in [5.41, 5.74) is -4.46. The molecule has 0 aliphatic heterocycles. The maximum absolute atomic E-state index is 13.0. The summed E-state index contributed by atoms with van der Waals surface area (Å²) in [7, 11) is 0.661. The fraction of sp³-hybridized carbons (Fsp3) is 0.417. The van der Waals surface area contributed by atoms with Gasteiger partial charge in [0.05, 0.1) is 24.8 Å². The summed E-state index contributed by atoms with van der Waals surface area (Å²) in [6, 6.07) is 0.770. The molecular formula is C12H10F6O3. The van der Waals surface area contributed by atoms with Crippen molar-refractivity contribution in [2.24, 2.45) is 0 Å². The Kier molecular flexibility index (Phi) is 4.75. The minimum Gasteiger partial charge on any atom is -0.495 e. The summed E-state index contributed by atoms with van der Waals surface area (Å²) in [5, 5.41) is 0. The maximum Gasteiger partial charge on any atom is 0.420 e. The van der Waals surface area contributed by atoms with Crippen molar-refractivity contribution in [1.82, 2.24) is 0 Å². The molecule has 0 fully saturated rings. The molecule has 0 unspecified atom stereocenters. The van der Waals surface area contributed by atoms with Crippen LogP contribution in [0.15, 0.2) is 12.1 Å². The monoisotopic (exact) mass is 316 g/mol. The van der Waals surface area contributed by atoms with Gasteiger partial charge in [-0.15, -0.1) is 0 Å². The highest BCUT2D eigenvalue weighted by atomic mass is 19.4. The van der Waals surface area contributed by atoms with Crippen molar-refractivity contribution in [3.8, 4) is 5.75 Å². The highest BCUT2D eigenvalue weighted by Crippen LogP contribution is 2.45. The van der Waals surface area contributed by atoms with Gasteiger partial charge in [-0.2, -0.15) is 26.3 Å². The second-order valence-electron chi connectivity index (χ2n) is 3.78. The van der Waals surface area contributed by atoms with Crippen LogP contribution in [0, 0.1) is 0 Å². The molecule has 0 aliphatic rings. The highest BCUT2D eigenvalue weighted by molar-refractivity contribution is 5.92. The number of hydrogen-bond acceptors (Lipinski definition) is 3. The van der Waals surface area contributed by atoms with Gasteiger partial charge < -0.3 is 9.47 Å². The van der Waals surface area contributed by atoms with Crippen molar-refractivity contribution in [2.45, 2.75) is 19.3 Å². The number of halogens is 6. The first-order valence-corrected chi connectivity index (χ1v) is 5.56. The molecular weight excluding hydrogens is 306 g/mol. The zero-order valence-electron chi connectivity index (χ0n) is 10.9. The SMILES string of the molecule is CCOC(=O)c1ccc(C(F)(F)F)c(OC)c1C(F)(F)F. The number of alkyl halides is 6. The minimum absolute atomic E-state index is 0.223.